The molecule has 0 aliphatic heterocycles. The average molecular weight is 332 g/mol. The van der Waals surface area contributed by atoms with Crippen LogP contribution in [0, 0.1) is 0 Å². The number of rotatable bonds is 3. The molecule has 2 aromatic heterocycles. The minimum atomic E-state index is -0.294. The molecule has 0 unspecified atom stereocenters. The highest BCUT2D eigenvalue weighted by molar-refractivity contribution is 9.10. The smallest absolute Gasteiger partial charge is 0.291 e. The molecular weight excluding hydrogens is 322 g/mol. The van der Waals surface area contributed by atoms with Crippen molar-refractivity contribution in [2.45, 2.75) is 0 Å². The first-order valence-corrected chi connectivity index (χ1v) is 6.67. The molecule has 20 heavy (non-hydrogen) atoms. The van der Waals surface area contributed by atoms with E-state index in [2.05, 4.69) is 31.2 Å². The highest BCUT2D eigenvalue weighted by atomic mass is 79.9. The van der Waals surface area contributed by atoms with E-state index in [1.807, 2.05) is 24.3 Å². The molecule has 1 aromatic carbocycles. The van der Waals surface area contributed by atoms with Crippen LogP contribution in [0.15, 0.2) is 58.0 Å². The lowest BCUT2D eigenvalue weighted by atomic mass is 10.1. The summed E-state index contributed by atoms with van der Waals surface area (Å²) >= 11 is 3.17. The summed E-state index contributed by atoms with van der Waals surface area (Å²) in [5.74, 6) is -0.0405. The van der Waals surface area contributed by atoms with Crippen LogP contribution in [0.5, 0.6) is 0 Å². The lowest BCUT2D eigenvalue weighted by Crippen LogP contribution is -2.10. The van der Waals surface area contributed by atoms with Crippen molar-refractivity contribution < 1.29 is 9.21 Å². The van der Waals surface area contributed by atoms with Crippen LogP contribution in [0.2, 0.25) is 0 Å². The Morgan fingerprint density at radius 3 is 2.90 bits per heavy atom. The predicted molar refractivity (Wildman–Crippen MR) is 78.4 cm³/mol. The van der Waals surface area contributed by atoms with Crippen molar-refractivity contribution in [1.29, 1.82) is 0 Å². The summed E-state index contributed by atoms with van der Waals surface area (Å²) in [6.45, 7) is 0. The summed E-state index contributed by atoms with van der Waals surface area (Å²) < 4.78 is 5.73. The molecule has 0 saturated heterocycles. The van der Waals surface area contributed by atoms with E-state index in [1.54, 1.807) is 24.7 Å². The summed E-state index contributed by atoms with van der Waals surface area (Å²) in [6.07, 6.45) is 3.34. The number of hydrogen-bond acceptors (Lipinski definition) is 3. The van der Waals surface area contributed by atoms with E-state index in [-0.39, 0.29) is 11.7 Å². The molecule has 2 N–H and O–H groups in total. The average Bonchev–Trinajstić information content (AvgIpc) is 3.10. The Labute approximate surface area is 123 Å². The minimum Gasteiger partial charge on any atom is -0.444 e. The van der Waals surface area contributed by atoms with Gasteiger partial charge in [-0.05, 0) is 40.2 Å². The standard InChI is InChI=1S/C14H10BrN3O2/c15-13-5-4-12(20-13)14(19)18-10-3-1-2-9(6-10)11-7-16-8-17-11/h1-8H,(H,16,17)(H,18,19). The van der Waals surface area contributed by atoms with E-state index < -0.39 is 0 Å². The predicted octanol–water partition coefficient (Wildman–Crippen LogP) is 3.68. The number of nitrogens with one attached hydrogen (secondary N) is 2. The van der Waals surface area contributed by atoms with Gasteiger partial charge in [-0.2, -0.15) is 0 Å². The number of furan rings is 1. The number of halogens is 1. The van der Waals surface area contributed by atoms with Crippen molar-refractivity contribution in [3.8, 4) is 11.3 Å². The van der Waals surface area contributed by atoms with E-state index in [1.165, 1.54) is 0 Å². The second-order valence-corrected chi connectivity index (χ2v) is 4.89. The summed E-state index contributed by atoms with van der Waals surface area (Å²) in [6, 6.07) is 10.8. The molecule has 6 heteroatoms. The van der Waals surface area contributed by atoms with Gasteiger partial charge in [0.1, 0.15) is 0 Å². The van der Waals surface area contributed by atoms with E-state index in [4.69, 9.17) is 4.42 Å². The number of amides is 1. The van der Waals surface area contributed by atoms with Gasteiger partial charge in [0.05, 0.1) is 18.2 Å². The lowest BCUT2D eigenvalue weighted by Gasteiger charge is -2.05. The van der Waals surface area contributed by atoms with Crippen LogP contribution in [0.25, 0.3) is 11.3 Å². The fraction of sp³-hybridized carbons (Fsp3) is 0. The van der Waals surface area contributed by atoms with Crippen molar-refractivity contribution in [1.82, 2.24) is 9.97 Å². The van der Waals surface area contributed by atoms with E-state index >= 15 is 0 Å². The van der Waals surface area contributed by atoms with Crippen molar-refractivity contribution in [3.05, 3.63) is 59.4 Å². The van der Waals surface area contributed by atoms with Gasteiger partial charge in [-0.15, -0.1) is 0 Å². The Morgan fingerprint density at radius 2 is 2.20 bits per heavy atom. The van der Waals surface area contributed by atoms with Gasteiger partial charge in [0.2, 0.25) is 0 Å². The molecule has 0 atom stereocenters. The SMILES string of the molecule is O=C(Nc1cccc(-c2cnc[nH]2)c1)c1ccc(Br)o1. The van der Waals surface area contributed by atoms with Gasteiger partial charge in [-0.25, -0.2) is 4.98 Å². The Hall–Kier alpha value is -2.34. The van der Waals surface area contributed by atoms with Crippen molar-refractivity contribution in [3.63, 3.8) is 0 Å². The van der Waals surface area contributed by atoms with Crippen LogP contribution in [0.1, 0.15) is 10.6 Å². The number of imidazole rings is 1. The largest absolute Gasteiger partial charge is 0.444 e. The molecule has 1 amide bonds. The molecule has 0 saturated carbocycles. The summed E-state index contributed by atoms with van der Waals surface area (Å²) in [7, 11) is 0. The van der Waals surface area contributed by atoms with E-state index in [0.717, 1.165) is 11.3 Å². The van der Waals surface area contributed by atoms with Crippen LogP contribution in [0.3, 0.4) is 0 Å². The second-order valence-electron chi connectivity index (χ2n) is 4.10. The molecule has 5 nitrogen and oxygen atoms in total. The number of nitrogens with zero attached hydrogens (tertiary/aromatic N) is 1. The van der Waals surface area contributed by atoms with Gasteiger partial charge in [0.15, 0.2) is 10.4 Å². The fourth-order valence-electron chi connectivity index (χ4n) is 1.81. The second kappa shape index (κ2) is 5.34. The zero-order chi connectivity index (χ0) is 13.9. The normalized spacial score (nSPS) is 10.4. The third-order valence-corrected chi connectivity index (χ3v) is 3.15. The number of carbonyl (C=O) groups excluding carboxylic acids is 1. The number of anilines is 1. The van der Waals surface area contributed by atoms with Gasteiger partial charge in [-0.3, -0.25) is 4.79 Å². The summed E-state index contributed by atoms with van der Waals surface area (Å²) in [5.41, 5.74) is 2.53. The van der Waals surface area contributed by atoms with Gasteiger partial charge in [0.25, 0.3) is 5.91 Å². The van der Waals surface area contributed by atoms with E-state index in [0.29, 0.717) is 10.4 Å². The highest BCUT2D eigenvalue weighted by Crippen LogP contribution is 2.21. The maximum atomic E-state index is 12.0. The Kier molecular flexibility index (Phi) is 3.39. The Bertz CT molecular complexity index is 734. The number of benzene rings is 1. The first-order valence-electron chi connectivity index (χ1n) is 5.88. The molecule has 0 aliphatic rings. The molecule has 0 fully saturated rings. The van der Waals surface area contributed by atoms with Crippen LogP contribution in [0.4, 0.5) is 5.69 Å². The van der Waals surface area contributed by atoms with Gasteiger partial charge in [-0.1, -0.05) is 12.1 Å². The third kappa shape index (κ3) is 2.65. The van der Waals surface area contributed by atoms with Crippen LogP contribution in [-0.2, 0) is 0 Å². The van der Waals surface area contributed by atoms with Crippen molar-refractivity contribution in [2.75, 3.05) is 5.32 Å². The molecule has 0 bridgehead atoms. The Balaban J connectivity index is 1.81. The molecular formula is C14H10BrN3O2. The van der Waals surface area contributed by atoms with Crippen LogP contribution >= 0.6 is 15.9 Å². The van der Waals surface area contributed by atoms with Crippen molar-refractivity contribution >= 4 is 27.5 Å². The first-order chi connectivity index (χ1) is 9.72. The lowest BCUT2D eigenvalue weighted by molar-refractivity contribution is 0.0995. The zero-order valence-electron chi connectivity index (χ0n) is 10.3. The summed E-state index contributed by atoms with van der Waals surface area (Å²) in [4.78, 5) is 19.0. The molecule has 0 spiro atoms. The van der Waals surface area contributed by atoms with Gasteiger partial charge >= 0.3 is 0 Å². The maximum absolute atomic E-state index is 12.0. The van der Waals surface area contributed by atoms with Crippen molar-refractivity contribution in [2.24, 2.45) is 0 Å². The number of aromatic amines is 1. The number of carbonyl (C=O) groups is 1. The number of hydrogen-bond donors (Lipinski definition) is 2. The van der Waals surface area contributed by atoms with Crippen LogP contribution < -0.4 is 5.32 Å². The Morgan fingerprint density at radius 1 is 1.30 bits per heavy atom. The maximum Gasteiger partial charge on any atom is 0.291 e. The first kappa shape index (κ1) is 12.7. The number of aromatic nitrogens is 2. The van der Waals surface area contributed by atoms with Gasteiger partial charge < -0.3 is 14.7 Å². The third-order valence-electron chi connectivity index (χ3n) is 2.73. The highest BCUT2D eigenvalue weighted by Gasteiger charge is 2.11. The molecule has 3 aromatic rings. The minimum absolute atomic E-state index is 0.254. The fourth-order valence-corrected chi connectivity index (χ4v) is 2.11. The summed E-state index contributed by atoms with van der Waals surface area (Å²) in [5, 5.41) is 2.79. The zero-order valence-corrected chi connectivity index (χ0v) is 11.8. The molecule has 0 aliphatic carbocycles. The molecule has 0 radical (unpaired) electrons. The van der Waals surface area contributed by atoms with E-state index in [9.17, 15) is 4.79 Å². The molecule has 2 heterocycles. The van der Waals surface area contributed by atoms with Gasteiger partial charge in [0, 0.05) is 11.3 Å². The molecule has 3 rings (SSSR count). The molecule has 100 valence electrons. The number of H-pyrrole nitrogens is 1. The quantitative estimate of drug-likeness (QED) is 0.768. The topological polar surface area (TPSA) is 70.9 Å². The monoisotopic (exact) mass is 331 g/mol. The van der Waals surface area contributed by atoms with Crippen LogP contribution in [-0.4, -0.2) is 15.9 Å².